The maximum Gasteiger partial charge on any atom is 0.335 e. The van der Waals surface area contributed by atoms with Crippen molar-refractivity contribution < 1.29 is 38.9 Å². The summed E-state index contributed by atoms with van der Waals surface area (Å²) in [6.07, 6.45) is 5.99. The van der Waals surface area contributed by atoms with E-state index in [0.717, 1.165) is 32.1 Å². The average molecular weight is 579 g/mol. The molecule has 42 heavy (non-hydrogen) atoms. The van der Waals surface area contributed by atoms with Crippen molar-refractivity contribution in [1.29, 1.82) is 0 Å². The molecule has 2 saturated carbocycles. The van der Waals surface area contributed by atoms with E-state index in [2.05, 4.69) is 21.3 Å². The third-order valence-electron chi connectivity index (χ3n) is 8.19. The molecule has 2 fully saturated rings. The lowest BCUT2D eigenvalue weighted by Gasteiger charge is -2.33. The number of hydrogen-bond donors (Lipinski definition) is 6. The van der Waals surface area contributed by atoms with Crippen LogP contribution in [0.1, 0.15) is 103 Å². The number of aromatic carboxylic acids is 2. The molecule has 12 heteroatoms. The molecular formula is C30H34N4O8. The van der Waals surface area contributed by atoms with Gasteiger partial charge in [-0.15, -0.1) is 0 Å². The highest BCUT2D eigenvalue weighted by Gasteiger charge is 2.31. The minimum absolute atomic E-state index is 0.00291. The van der Waals surface area contributed by atoms with Gasteiger partial charge in [0.1, 0.15) is 12.5 Å². The van der Waals surface area contributed by atoms with Crippen LogP contribution in [0.3, 0.4) is 0 Å². The van der Waals surface area contributed by atoms with Crippen LogP contribution in [0.5, 0.6) is 5.75 Å². The van der Waals surface area contributed by atoms with Crippen molar-refractivity contribution in [3.8, 4) is 5.75 Å². The number of carbonyl (C=O) groups is 5. The van der Waals surface area contributed by atoms with Gasteiger partial charge in [-0.05, 0) is 62.1 Å². The largest absolute Gasteiger partial charge is 0.478 e. The summed E-state index contributed by atoms with van der Waals surface area (Å²) in [4.78, 5) is 63.7. The maximum absolute atomic E-state index is 13.4. The third kappa shape index (κ3) is 6.71. The zero-order chi connectivity index (χ0) is 29.8. The molecule has 0 radical (unpaired) electrons. The first kappa shape index (κ1) is 29.1. The van der Waals surface area contributed by atoms with Crippen LogP contribution in [0.4, 0.5) is 0 Å². The Bertz CT molecular complexity index is 1410. The van der Waals surface area contributed by atoms with Crippen molar-refractivity contribution in [2.45, 2.75) is 75.5 Å². The van der Waals surface area contributed by atoms with Gasteiger partial charge in [-0.2, -0.15) is 0 Å². The number of amides is 3. The number of fused-ring (bicyclic) bond motifs is 6. The Morgan fingerprint density at radius 1 is 0.595 bits per heavy atom. The van der Waals surface area contributed by atoms with E-state index in [0.29, 0.717) is 19.3 Å². The Balaban J connectivity index is 1.51. The molecule has 4 unspecified atom stereocenters. The molecule has 0 aromatic heterocycles. The van der Waals surface area contributed by atoms with E-state index in [1.54, 1.807) is 0 Å². The van der Waals surface area contributed by atoms with Gasteiger partial charge in [-0.3, -0.25) is 19.7 Å². The fraction of sp³-hybridized carbons (Fsp3) is 0.433. The highest BCUT2D eigenvalue weighted by molar-refractivity contribution is 6.03. The van der Waals surface area contributed by atoms with Crippen LogP contribution in [0.25, 0.3) is 0 Å². The predicted octanol–water partition coefficient (Wildman–Crippen LogP) is 2.53. The summed E-state index contributed by atoms with van der Waals surface area (Å²) in [7, 11) is 0. The van der Waals surface area contributed by atoms with E-state index in [9.17, 15) is 34.2 Å². The van der Waals surface area contributed by atoms with Crippen molar-refractivity contribution in [1.82, 2.24) is 21.3 Å². The first-order valence-electron chi connectivity index (χ1n) is 14.2. The Hall–Kier alpha value is -4.45. The highest BCUT2D eigenvalue weighted by atomic mass is 16.5. The first-order chi connectivity index (χ1) is 20.2. The topological polar surface area (TPSA) is 183 Å². The second-order valence-electron chi connectivity index (χ2n) is 11.1. The van der Waals surface area contributed by atoms with Crippen molar-refractivity contribution in [3.05, 3.63) is 64.2 Å². The normalized spacial score (nSPS) is 25.0. The number of carbonyl (C=O) groups excluding carboxylic acids is 3. The number of hydrogen-bond acceptors (Lipinski definition) is 7. The van der Waals surface area contributed by atoms with Crippen LogP contribution in [-0.2, 0) is 0 Å². The molecule has 2 aliphatic carbocycles. The summed E-state index contributed by atoms with van der Waals surface area (Å²) in [5, 5.41) is 31.4. The Labute approximate surface area is 242 Å². The van der Waals surface area contributed by atoms with Crippen LogP contribution < -0.4 is 26.0 Å². The van der Waals surface area contributed by atoms with Gasteiger partial charge in [-0.1, -0.05) is 25.7 Å². The van der Waals surface area contributed by atoms with Crippen LogP contribution in [0.15, 0.2) is 36.4 Å². The standard InChI is InChI=1S/C30H34N4O8/c35-26-16-9-17(11-19(10-16)29(38)39)27(36)33-24-7-3-4-8-25(24)34-28(37)18-12-20(30(40)41)14-21(13-18)42-15-31-22-5-1-2-6-23(22)32-26/h9-14,22-25,31H,1-8,15H2,(H,32,35)(H,33,36)(H,34,37)(H,38,39)(H,40,41). The van der Waals surface area contributed by atoms with Gasteiger partial charge in [0.2, 0.25) is 0 Å². The summed E-state index contributed by atoms with van der Waals surface area (Å²) >= 11 is 0. The molecule has 6 N–H and O–H groups in total. The first-order valence-corrected chi connectivity index (χ1v) is 14.2. The lowest BCUT2D eigenvalue weighted by Crippen LogP contribution is -2.53. The van der Waals surface area contributed by atoms with Gasteiger partial charge in [0.25, 0.3) is 17.7 Å². The number of nitrogens with one attached hydrogen (secondary N) is 4. The SMILES string of the molecule is O=C(O)c1cc2cc(c1)C(=O)NC1CCCCC1NC(=O)c1cc(C(=O)O)cc(c1)C(=O)NC1CCCCC1NCO2. The van der Waals surface area contributed by atoms with Crippen LogP contribution in [0, 0.1) is 0 Å². The molecule has 1 heterocycles. The Morgan fingerprint density at radius 2 is 1.00 bits per heavy atom. The van der Waals surface area contributed by atoms with Gasteiger partial charge in [-0.25, -0.2) is 9.59 Å². The van der Waals surface area contributed by atoms with Crippen molar-refractivity contribution in [2.75, 3.05) is 6.73 Å². The minimum atomic E-state index is -1.27. The summed E-state index contributed by atoms with van der Waals surface area (Å²) in [6, 6.07) is 6.58. The Morgan fingerprint density at radius 3 is 1.48 bits per heavy atom. The zero-order valence-corrected chi connectivity index (χ0v) is 23.0. The summed E-state index contributed by atoms with van der Waals surface area (Å²) in [5.41, 5.74) is -0.0933. The number of carboxylic acids is 2. The molecule has 5 rings (SSSR count). The number of carboxylic acid groups (broad SMARTS) is 2. The van der Waals surface area contributed by atoms with Crippen molar-refractivity contribution in [2.24, 2.45) is 0 Å². The molecule has 1 aliphatic heterocycles. The monoisotopic (exact) mass is 578 g/mol. The quantitative estimate of drug-likeness (QED) is 0.312. The Kier molecular flexibility index (Phi) is 8.72. The lowest BCUT2D eigenvalue weighted by atomic mass is 9.89. The second-order valence-corrected chi connectivity index (χ2v) is 11.1. The molecule has 0 spiro atoms. The van der Waals surface area contributed by atoms with Crippen LogP contribution >= 0.6 is 0 Å². The van der Waals surface area contributed by atoms with Gasteiger partial charge < -0.3 is 30.9 Å². The molecule has 3 amide bonds. The average Bonchev–Trinajstić information content (AvgIpc) is 2.98. The summed E-state index contributed by atoms with van der Waals surface area (Å²) in [5.74, 6) is -3.83. The maximum atomic E-state index is 13.4. The zero-order valence-electron chi connectivity index (χ0n) is 23.0. The van der Waals surface area contributed by atoms with Crippen molar-refractivity contribution in [3.63, 3.8) is 0 Å². The number of benzene rings is 2. The van der Waals surface area contributed by atoms with Crippen LogP contribution in [0.2, 0.25) is 0 Å². The van der Waals surface area contributed by atoms with Gasteiger partial charge in [0.15, 0.2) is 0 Å². The van der Waals surface area contributed by atoms with E-state index in [1.807, 2.05) is 0 Å². The molecule has 2 aromatic rings. The lowest BCUT2D eigenvalue weighted by molar-refractivity contribution is 0.0685. The van der Waals surface area contributed by atoms with E-state index in [1.165, 1.54) is 36.4 Å². The molecule has 2 aromatic carbocycles. The highest BCUT2D eigenvalue weighted by Crippen LogP contribution is 2.24. The molecular weight excluding hydrogens is 544 g/mol. The van der Waals surface area contributed by atoms with E-state index in [4.69, 9.17) is 4.74 Å². The summed E-state index contributed by atoms with van der Waals surface area (Å²) < 4.78 is 5.84. The molecule has 3 aliphatic rings. The fourth-order valence-corrected chi connectivity index (χ4v) is 5.96. The van der Waals surface area contributed by atoms with E-state index < -0.39 is 41.7 Å². The van der Waals surface area contributed by atoms with Gasteiger partial charge in [0, 0.05) is 40.9 Å². The van der Waals surface area contributed by atoms with Gasteiger partial charge >= 0.3 is 11.9 Å². The fourth-order valence-electron chi connectivity index (χ4n) is 5.96. The van der Waals surface area contributed by atoms with E-state index >= 15 is 0 Å². The number of rotatable bonds is 2. The smallest absolute Gasteiger partial charge is 0.335 e. The van der Waals surface area contributed by atoms with Gasteiger partial charge in [0.05, 0.1) is 11.1 Å². The molecule has 222 valence electrons. The van der Waals surface area contributed by atoms with Crippen molar-refractivity contribution >= 4 is 29.7 Å². The minimum Gasteiger partial charge on any atom is -0.478 e. The number of ether oxygens (including phenoxy) is 1. The second kappa shape index (κ2) is 12.6. The third-order valence-corrected chi connectivity index (χ3v) is 8.19. The summed E-state index contributed by atoms with van der Waals surface area (Å²) in [6.45, 7) is 0.00291. The van der Waals surface area contributed by atoms with E-state index in [-0.39, 0.29) is 52.4 Å². The molecule has 0 saturated heterocycles. The predicted molar refractivity (Wildman–Crippen MR) is 150 cm³/mol. The molecule has 12 nitrogen and oxygen atoms in total. The van der Waals surface area contributed by atoms with Crippen LogP contribution in [-0.4, -0.2) is 70.8 Å². The molecule has 4 bridgehead atoms. The molecule has 4 atom stereocenters.